The van der Waals surface area contributed by atoms with E-state index in [-0.39, 0.29) is 43.1 Å². The summed E-state index contributed by atoms with van der Waals surface area (Å²) in [5, 5.41) is 13.8. The van der Waals surface area contributed by atoms with Gasteiger partial charge in [-0.25, -0.2) is 4.98 Å². The van der Waals surface area contributed by atoms with Crippen LogP contribution in [0, 0.1) is 6.07 Å². The van der Waals surface area contributed by atoms with E-state index in [4.69, 9.17) is 9.97 Å². The van der Waals surface area contributed by atoms with E-state index in [9.17, 15) is 5.11 Å². The molecule has 5 nitrogen and oxygen atoms in total. The number of fused-ring (bicyclic) bond motifs is 4. The van der Waals surface area contributed by atoms with Crippen LogP contribution in [0.3, 0.4) is 0 Å². The van der Waals surface area contributed by atoms with Gasteiger partial charge >= 0.3 is 0 Å². The second-order valence-corrected chi connectivity index (χ2v) is 22.1. The van der Waals surface area contributed by atoms with Gasteiger partial charge in [-0.1, -0.05) is 183 Å². The van der Waals surface area contributed by atoms with Crippen molar-refractivity contribution in [1.82, 2.24) is 19.1 Å². The summed E-state index contributed by atoms with van der Waals surface area (Å²) in [7, 11) is 0. The van der Waals surface area contributed by atoms with Crippen molar-refractivity contribution >= 4 is 32.8 Å². The van der Waals surface area contributed by atoms with E-state index in [1.807, 2.05) is 24.4 Å². The Kier molecular flexibility index (Phi) is 12.3. The molecule has 11 rings (SSSR count). The molecule has 0 unspecified atom stereocenters. The number of hydrogen-bond acceptors (Lipinski definition) is 3. The smallest absolute Gasteiger partial charge is 0.148 e. The van der Waals surface area contributed by atoms with E-state index in [1.165, 1.54) is 38.6 Å². The van der Waals surface area contributed by atoms with Gasteiger partial charge in [0, 0.05) is 55.1 Å². The molecule has 360 valence electrons. The average molecular weight is 1120 g/mol. The molecular formula is C66H59N4OPt-. The molecule has 0 saturated carbocycles. The minimum Gasteiger partial charge on any atom is -0.507 e. The number of rotatable bonds is 7. The van der Waals surface area contributed by atoms with Gasteiger partial charge in [-0.05, 0) is 110 Å². The first-order chi connectivity index (χ1) is 34.0. The average Bonchev–Trinajstić information content (AvgIpc) is 3.92. The van der Waals surface area contributed by atoms with Gasteiger partial charge in [0.05, 0.1) is 27.6 Å². The quantitative estimate of drug-likeness (QED) is 0.162. The topological polar surface area (TPSA) is 55.9 Å². The number of pyridine rings is 1. The number of imidazole rings is 1. The largest absolute Gasteiger partial charge is 0.507 e. The van der Waals surface area contributed by atoms with E-state index >= 15 is 0 Å². The van der Waals surface area contributed by atoms with Crippen LogP contribution in [0.5, 0.6) is 5.75 Å². The molecule has 11 aromatic rings. The van der Waals surface area contributed by atoms with Crippen molar-refractivity contribution in [3.63, 3.8) is 0 Å². The summed E-state index contributed by atoms with van der Waals surface area (Å²) in [6.45, 7) is 20.3. The van der Waals surface area contributed by atoms with Crippen molar-refractivity contribution in [2.24, 2.45) is 0 Å². The first-order valence-corrected chi connectivity index (χ1v) is 24.7. The number of aromatic nitrogens is 4. The zero-order valence-corrected chi connectivity index (χ0v) is 44.7. The molecular weight excluding hydrogens is 1060 g/mol. The SMILES string of the molecule is CC(C)(C)c1cc(-c2cc(-c3cccc4c3c3ccccc3n4-c3cccc(-c4ccccc4)c3)ccn2)[c-]c(-c2cccc3c2nc(-c2ccccc2O)n3-c2cc(C(C)(C)C)cc(C(C)(C)C)c2)c1.[Pt]. The summed E-state index contributed by atoms with van der Waals surface area (Å²) in [6, 6.07) is 68.4. The number of para-hydroxylation sites is 3. The molecule has 6 heteroatoms. The zero-order chi connectivity index (χ0) is 49.4. The number of phenols is 1. The standard InChI is InChI=1S/C66H59N4O.Pt/c1-64(2,3)47-35-45(53-27-19-30-59-62(53)68-63(55-25-14-16-31-60(55)71)70(59)51-40-48(65(4,5)6)39-49(41-51)66(7,8)9)34-46(36-47)56-38-44(32-33-67-56)52-26-18-29-58-61(52)54-24-13-15-28-57(54)69(58)50-23-17-22-43(37-50)42-20-11-10-12-21-42;/h10-33,35-41,71H,1-9H3;/q-1;. The van der Waals surface area contributed by atoms with Crippen molar-refractivity contribution in [2.75, 3.05) is 0 Å². The summed E-state index contributed by atoms with van der Waals surface area (Å²) in [5.74, 6) is 0.859. The predicted octanol–water partition coefficient (Wildman–Crippen LogP) is 17.2. The minimum absolute atomic E-state index is 0. The molecule has 0 aliphatic rings. The van der Waals surface area contributed by atoms with Crippen LogP contribution in [0.4, 0.5) is 0 Å². The van der Waals surface area contributed by atoms with Gasteiger partial charge in [0.2, 0.25) is 0 Å². The Balaban J connectivity index is 0.00000596. The van der Waals surface area contributed by atoms with Gasteiger partial charge in [0.1, 0.15) is 11.6 Å². The van der Waals surface area contributed by atoms with Gasteiger partial charge in [0.15, 0.2) is 0 Å². The van der Waals surface area contributed by atoms with Crippen molar-refractivity contribution in [3.05, 3.63) is 211 Å². The van der Waals surface area contributed by atoms with E-state index in [1.54, 1.807) is 6.07 Å². The Hall–Kier alpha value is -7.33. The van der Waals surface area contributed by atoms with Crippen molar-refractivity contribution < 1.29 is 26.2 Å². The van der Waals surface area contributed by atoms with Crippen LogP contribution in [-0.4, -0.2) is 24.2 Å². The Morgan fingerprint density at radius 3 is 1.75 bits per heavy atom. The number of aromatic hydroxyl groups is 1. The maximum atomic E-state index is 11.5. The minimum atomic E-state index is -0.188. The molecule has 0 bridgehead atoms. The molecule has 8 aromatic carbocycles. The van der Waals surface area contributed by atoms with Gasteiger partial charge in [-0.3, -0.25) is 9.55 Å². The molecule has 0 saturated heterocycles. The van der Waals surface area contributed by atoms with Gasteiger partial charge < -0.3 is 9.67 Å². The van der Waals surface area contributed by atoms with Crippen LogP contribution < -0.4 is 0 Å². The number of phenolic OH excluding ortho intramolecular Hbond substituents is 1. The normalized spacial score (nSPS) is 12.2. The second kappa shape index (κ2) is 18.4. The summed E-state index contributed by atoms with van der Waals surface area (Å²) in [4.78, 5) is 10.6. The molecule has 0 aliphatic carbocycles. The third kappa shape index (κ3) is 8.79. The molecule has 1 N–H and O–H groups in total. The summed E-state index contributed by atoms with van der Waals surface area (Å²) in [5.41, 5.74) is 18.4. The van der Waals surface area contributed by atoms with Crippen LogP contribution in [0.25, 0.3) is 100 Å². The zero-order valence-electron chi connectivity index (χ0n) is 42.5. The molecule has 72 heavy (non-hydrogen) atoms. The van der Waals surface area contributed by atoms with E-state index < -0.39 is 0 Å². The summed E-state index contributed by atoms with van der Waals surface area (Å²) in [6.07, 6.45) is 1.93. The van der Waals surface area contributed by atoms with Crippen molar-refractivity contribution in [3.8, 4) is 73.2 Å². The van der Waals surface area contributed by atoms with Crippen molar-refractivity contribution in [1.29, 1.82) is 0 Å². The molecule has 3 heterocycles. The third-order valence-corrected chi connectivity index (χ3v) is 14.0. The summed E-state index contributed by atoms with van der Waals surface area (Å²) < 4.78 is 4.63. The van der Waals surface area contributed by atoms with Crippen LogP contribution in [0.1, 0.15) is 79.0 Å². The monoisotopic (exact) mass is 1120 g/mol. The maximum Gasteiger partial charge on any atom is 0.148 e. The van der Waals surface area contributed by atoms with Gasteiger partial charge in [-0.15, -0.1) is 29.3 Å². The maximum absolute atomic E-state index is 11.5. The Labute approximate surface area is 438 Å². The Bertz CT molecular complexity index is 3810. The second-order valence-electron chi connectivity index (χ2n) is 22.1. The Morgan fingerprint density at radius 2 is 1.03 bits per heavy atom. The third-order valence-electron chi connectivity index (χ3n) is 14.0. The van der Waals surface area contributed by atoms with Crippen LogP contribution in [0.15, 0.2) is 188 Å². The van der Waals surface area contributed by atoms with Gasteiger partial charge in [0.25, 0.3) is 0 Å². The molecule has 0 spiro atoms. The molecule has 0 aliphatic heterocycles. The van der Waals surface area contributed by atoms with Crippen LogP contribution in [0.2, 0.25) is 0 Å². The fourth-order valence-corrected chi connectivity index (χ4v) is 10.1. The van der Waals surface area contributed by atoms with Crippen LogP contribution >= 0.6 is 0 Å². The van der Waals surface area contributed by atoms with Crippen LogP contribution in [-0.2, 0) is 37.3 Å². The predicted molar refractivity (Wildman–Crippen MR) is 297 cm³/mol. The first-order valence-electron chi connectivity index (χ1n) is 24.7. The molecule has 3 aromatic heterocycles. The van der Waals surface area contributed by atoms with E-state index in [0.29, 0.717) is 11.4 Å². The number of nitrogens with zero attached hydrogens (tertiary/aromatic N) is 4. The first kappa shape index (κ1) is 48.3. The molecule has 0 radical (unpaired) electrons. The molecule has 0 amide bonds. The van der Waals surface area contributed by atoms with Crippen molar-refractivity contribution in [2.45, 2.75) is 78.6 Å². The number of benzene rings is 8. The van der Waals surface area contributed by atoms with E-state index in [2.05, 4.69) is 235 Å². The molecule has 0 fully saturated rings. The fraction of sp³-hybridized carbons (Fsp3) is 0.182. The number of hydrogen-bond donors (Lipinski definition) is 1. The fourth-order valence-electron chi connectivity index (χ4n) is 10.1. The molecule has 0 atom stereocenters. The van der Waals surface area contributed by atoms with Gasteiger partial charge in [-0.2, -0.15) is 0 Å². The summed E-state index contributed by atoms with van der Waals surface area (Å²) >= 11 is 0. The van der Waals surface area contributed by atoms with E-state index in [0.717, 1.165) is 67.0 Å². The Morgan fingerprint density at radius 1 is 0.444 bits per heavy atom.